The minimum atomic E-state index is -1.22. The van der Waals surface area contributed by atoms with E-state index in [0.29, 0.717) is 24.3 Å². The van der Waals surface area contributed by atoms with E-state index >= 15 is 0 Å². The Bertz CT molecular complexity index is 679. The number of carboxylic acids is 1. The Morgan fingerprint density at radius 1 is 0.818 bits per heavy atom. The average Bonchev–Trinajstić information content (AvgIpc) is 2.74. The number of aliphatic carboxylic acids is 1. The number of carbonyl (C=O) groups is 5. The lowest BCUT2D eigenvalue weighted by atomic mass is 10.0. The Morgan fingerprint density at radius 2 is 1.30 bits per heavy atom. The first-order valence-electron chi connectivity index (χ1n) is 10.6. The molecule has 0 rings (SSSR count). The molecular formula is C20H37N5O6S2. The maximum Gasteiger partial charge on any atom is 0.326 e. The summed E-state index contributed by atoms with van der Waals surface area (Å²) in [6.07, 6.45) is 4.17. The van der Waals surface area contributed by atoms with Crippen molar-refractivity contribution in [3.05, 3.63) is 0 Å². The molecule has 0 bridgehead atoms. The fraction of sp³-hybridized carbons (Fsp3) is 0.750. The zero-order valence-electron chi connectivity index (χ0n) is 19.6. The fourth-order valence-electron chi connectivity index (χ4n) is 2.75. The Hall–Kier alpha value is -1.99. The van der Waals surface area contributed by atoms with Gasteiger partial charge in [-0.3, -0.25) is 19.2 Å². The summed E-state index contributed by atoms with van der Waals surface area (Å²) in [7, 11) is 0. The quantitative estimate of drug-likeness (QED) is 0.147. The topological polar surface area (TPSA) is 194 Å². The molecule has 4 amide bonds. The molecule has 11 nitrogen and oxygen atoms in total. The number of primary amides is 1. The van der Waals surface area contributed by atoms with E-state index in [1.54, 1.807) is 25.6 Å². The molecule has 0 fully saturated rings. The van der Waals surface area contributed by atoms with Gasteiger partial charge in [0.1, 0.15) is 18.1 Å². The van der Waals surface area contributed by atoms with Gasteiger partial charge in [-0.2, -0.15) is 23.5 Å². The van der Waals surface area contributed by atoms with Crippen LogP contribution >= 0.6 is 23.5 Å². The van der Waals surface area contributed by atoms with Crippen molar-refractivity contribution < 1.29 is 29.1 Å². The van der Waals surface area contributed by atoms with E-state index in [9.17, 15) is 29.1 Å². The van der Waals surface area contributed by atoms with Gasteiger partial charge >= 0.3 is 5.97 Å². The molecule has 0 radical (unpaired) electrons. The second-order valence-electron chi connectivity index (χ2n) is 7.87. The van der Waals surface area contributed by atoms with Gasteiger partial charge in [0, 0.05) is 6.42 Å². The maximum absolute atomic E-state index is 12.9. The maximum atomic E-state index is 12.9. The molecule has 0 saturated carbocycles. The molecule has 33 heavy (non-hydrogen) atoms. The van der Waals surface area contributed by atoms with Crippen LogP contribution in [0.3, 0.4) is 0 Å². The number of hydrogen-bond donors (Lipinski definition) is 6. The van der Waals surface area contributed by atoms with E-state index in [-0.39, 0.29) is 12.8 Å². The third kappa shape index (κ3) is 12.7. The third-order valence-corrected chi connectivity index (χ3v) is 6.04. The highest BCUT2D eigenvalue weighted by Crippen LogP contribution is 2.07. The van der Waals surface area contributed by atoms with Gasteiger partial charge in [-0.15, -0.1) is 0 Å². The highest BCUT2D eigenvalue weighted by Gasteiger charge is 2.31. The SMILES string of the molecule is CSCCC(N)C(=O)NC(CCSC)C(=O)NC(CCC(N)=O)C(=O)NC(C(=O)O)C(C)C. The van der Waals surface area contributed by atoms with Crippen molar-refractivity contribution in [2.75, 3.05) is 24.0 Å². The van der Waals surface area contributed by atoms with Crippen molar-refractivity contribution >= 4 is 53.1 Å². The van der Waals surface area contributed by atoms with Crippen molar-refractivity contribution in [2.45, 2.75) is 63.7 Å². The third-order valence-electron chi connectivity index (χ3n) is 4.76. The van der Waals surface area contributed by atoms with Crippen LogP contribution in [0, 0.1) is 5.92 Å². The first-order chi connectivity index (χ1) is 15.4. The van der Waals surface area contributed by atoms with Crippen LogP contribution < -0.4 is 27.4 Å². The summed E-state index contributed by atoms with van der Waals surface area (Å²) in [5.74, 6) is -2.91. The summed E-state index contributed by atoms with van der Waals surface area (Å²) in [4.78, 5) is 60.8. The molecule has 4 atom stereocenters. The summed E-state index contributed by atoms with van der Waals surface area (Å²) in [5.41, 5.74) is 11.1. The number of amides is 4. The fourth-order valence-corrected chi connectivity index (χ4v) is 3.72. The molecule has 190 valence electrons. The lowest BCUT2D eigenvalue weighted by Gasteiger charge is -2.26. The normalized spacial score (nSPS) is 14.6. The number of rotatable bonds is 17. The minimum Gasteiger partial charge on any atom is -0.480 e. The molecule has 8 N–H and O–H groups in total. The average molecular weight is 508 g/mol. The van der Waals surface area contributed by atoms with Gasteiger partial charge in [-0.05, 0) is 49.2 Å². The summed E-state index contributed by atoms with van der Waals surface area (Å²) < 4.78 is 0. The number of nitrogens with one attached hydrogen (secondary N) is 3. The zero-order valence-corrected chi connectivity index (χ0v) is 21.2. The number of hydrogen-bond acceptors (Lipinski definition) is 8. The molecule has 0 aliphatic carbocycles. The molecule has 0 aliphatic rings. The highest BCUT2D eigenvalue weighted by molar-refractivity contribution is 7.98. The predicted molar refractivity (Wildman–Crippen MR) is 131 cm³/mol. The van der Waals surface area contributed by atoms with Crippen LogP contribution in [0.5, 0.6) is 0 Å². The van der Waals surface area contributed by atoms with Gasteiger partial charge in [0.15, 0.2) is 0 Å². The molecule has 0 spiro atoms. The molecule has 13 heteroatoms. The van der Waals surface area contributed by atoms with Crippen molar-refractivity contribution in [3.63, 3.8) is 0 Å². The highest BCUT2D eigenvalue weighted by atomic mass is 32.2. The van der Waals surface area contributed by atoms with Crippen LogP contribution in [0.4, 0.5) is 0 Å². The van der Waals surface area contributed by atoms with Gasteiger partial charge in [0.2, 0.25) is 23.6 Å². The van der Waals surface area contributed by atoms with Crippen LogP contribution in [0.25, 0.3) is 0 Å². The lowest BCUT2D eigenvalue weighted by Crippen LogP contribution is -2.57. The first-order valence-corrected chi connectivity index (χ1v) is 13.4. The summed E-state index contributed by atoms with van der Waals surface area (Å²) in [5, 5.41) is 16.9. The van der Waals surface area contributed by atoms with Gasteiger partial charge in [-0.1, -0.05) is 13.8 Å². The van der Waals surface area contributed by atoms with Gasteiger partial charge < -0.3 is 32.5 Å². The van der Waals surface area contributed by atoms with E-state index in [1.165, 1.54) is 11.8 Å². The molecule has 0 aromatic heterocycles. The second kappa shape index (κ2) is 16.6. The summed E-state index contributed by atoms with van der Waals surface area (Å²) in [6.45, 7) is 3.26. The van der Waals surface area contributed by atoms with Crippen molar-refractivity contribution in [3.8, 4) is 0 Å². The van der Waals surface area contributed by atoms with E-state index < -0.39 is 59.7 Å². The first kappa shape index (κ1) is 31.0. The molecule has 0 heterocycles. The zero-order chi connectivity index (χ0) is 25.6. The molecule has 4 unspecified atom stereocenters. The Kier molecular flexibility index (Phi) is 15.6. The van der Waals surface area contributed by atoms with Crippen LogP contribution in [0.2, 0.25) is 0 Å². The number of carboxylic acid groups (broad SMARTS) is 1. The standard InChI is InChI=1S/C20H37N5O6S2/c1-11(2)16(20(30)31)25-19(29)13(5-6-15(22)26)24-18(28)14(8-10-33-4)23-17(27)12(21)7-9-32-3/h11-14,16H,5-10,21H2,1-4H3,(H2,22,26)(H,23,27)(H,24,28)(H,25,29)(H,30,31). The Labute approximate surface area is 203 Å². The van der Waals surface area contributed by atoms with Crippen molar-refractivity contribution in [1.82, 2.24) is 16.0 Å². The predicted octanol–water partition coefficient (Wildman–Crippen LogP) is -0.720. The largest absolute Gasteiger partial charge is 0.480 e. The summed E-state index contributed by atoms with van der Waals surface area (Å²) >= 11 is 3.03. The summed E-state index contributed by atoms with van der Waals surface area (Å²) in [6, 6.07) is -4.11. The van der Waals surface area contributed by atoms with Crippen molar-refractivity contribution in [1.29, 1.82) is 0 Å². The number of carbonyl (C=O) groups excluding carboxylic acids is 4. The smallest absolute Gasteiger partial charge is 0.326 e. The monoisotopic (exact) mass is 507 g/mol. The van der Waals surface area contributed by atoms with Crippen LogP contribution in [0.1, 0.15) is 39.5 Å². The van der Waals surface area contributed by atoms with E-state index in [2.05, 4.69) is 16.0 Å². The van der Waals surface area contributed by atoms with E-state index in [1.807, 2.05) is 12.5 Å². The lowest BCUT2D eigenvalue weighted by molar-refractivity contribution is -0.143. The Morgan fingerprint density at radius 3 is 1.79 bits per heavy atom. The van der Waals surface area contributed by atoms with Gasteiger partial charge in [0.05, 0.1) is 6.04 Å². The van der Waals surface area contributed by atoms with Gasteiger partial charge in [-0.25, -0.2) is 4.79 Å². The molecule has 0 aromatic carbocycles. The molecule has 0 saturated heterocycles. The number of nitrogens with two attached hydrogens (primary N) is 2. The molecule has 0 aromatic rings. The Balaban J connectivity index is 5.47. The minimum absolute atomic E-state index is 0.117. The molecular weight excluding hydrogens is 470 g/mol. The molecule has 0 aliphatic heterocycles. The van der Waals surface area contributed by atoms with Crippen LogP contribution in [-0.4, -0.2) is 82.9 Å². The van der Waals surface area contributed by atoms with E-state index in [4.69, 9.17) is 11.5 Å². The second-order valence-corrected chi connectivity index (χ2v) is 9.84. The van der Waals surface area contributed by atoms with E-state index in [0.717, 1.165) is 0 Å². The number of thioether (sulfide) groups is 2. The van der Waals surface area contributed by atoms with Gasteiger partial charge in [0.25, 0.3) is 0 Å². The van der Waals surface area contributed by atoms with Crippen LogP contribution in [-0.2, 0) is 24.0 Å². The van der Waals surface area contributed by atoms with Crippen molar-refractivity contribution in [2.24, 2.45) is 17.4 Å². The van der Waals surface area contributed by atoms with Crippen LogP contribution in [0.15, 0.2) is 0 Å².